The van der Waals surface area contributed by atoms with E-state index in [1.165, 1.54) is 5.56 Å². The lowest BCUT2D eigenvalue weighted by atomic mass is 10.1. The SMILES string of the molecule is COc1cccc(CC(C)N2CCNCC2)c1. The Morgan fingerprint density at radius 3 is 2.82 bits per heavy atom. The Labute approximate surface area is 104 Å². The molecule has 0 saturated carbocycles. The summed E-state index contributed by atoms with van der Waals surface area (Å²) in [7, 11) is 1.72. The van der Waals surface area contributed by atoms with Gasteiger partial charge in [0.2, 0.25) is 0 Å². The number of benzene rings is 1. The molecule has 1 aliphatic rings. The van der Waals surface area contributed by atoms with Crippen LogP contribution in [0.15, 0.2) is 24.3 Å². The Morgan fingerprint density at radius 1 is 1.35 bits per heavy atom. The molecule has 1 N–H and O–H groups in total. The molecule has 0 radical (unpaired) electrons. The van der Waals surface area contributed by atoms with Crippen molar-refractivity contribution in [2.75, 3.05) is 33.3 Å². The third kappa shape index (κ3) is 3.45. The van der Waals surface area contributed by atoms with E-state index in [4.69, 9.17) is 4.74 Å². The average Bonchev–Trinajstić information content (AvgIpc) is 2.40. The second-order valence-corrected chi connectivity index (χ2v) is 4.69. The fourth-order valence-electron chi connectivity index (χ4n) is 2.39. The highest BCUT2D eigenvalue weighted by molar-refractivity contribution is 5.28. The first-order chi connectivity index (χ1) is 8.29. The molecule has 0 amide bonds. The molecule has 17 heavy (non-hydrogen) atoms. The molecule has 94 valence electrons. The predicted octanol–water partition coefficient (Wildman–Crippen LogP) is 1.53. The van der Waals surface area contributed by atoms with Gasteiger partial charge in [0.1, 0.15) is 5.75 Å². The highest BCUT2D eigenvalue weighted by Gasteiger charge is 2.16. The van der Waals surface area contributed by atoms with Crippen molar-refractivity contribution in [3.63, 3.8) is 0 Å². The molecule has 0 spiro atoms. The summed E-state index contributed by atoms with van der Waals surface area (Å²) in [6.07, 6.45) is 1.09. The van der Waals surface area contributed by atoms with Crippen LogP contribution in [-0.4, -0.2) is 44.2 Å². The van der Waals surface area contributed by atoms with Crippen LogP contribution in [0.2, 0.25) is 0 Å². The first-order valence-electron chi connectivity index (χ1n) is 6.37. The molecule has 0 aromatic heterocycles. The van der Waals surface area contributed by atoms with Gasteiger partial charge in [-0.25, -0.2) is 0 Å². The molecular formula is C14H22N2O. The van der Waals surface area contributed by atoms with Crippen molar-refractivity contribution in [1.29, 1.82) is 0 Å². The molecule has 0 aliphatic carbocycles. The number of piperazine rings is 1. The van der Waals surface area contributed by atoms with Crippen LogP contribution < -0.4 is 10.1 Å². The quantitative estimate of drug-likeness (QED) is 0.855. The maximum Gasteiger partial charge on any atom is 0.119 e. The number of nitrogens with one attached hydrogen (secondary N) is 1. The standard InChI is InChI=1S/C14H22N2O/c1-12(16-8-6-15-7-9-16)10-13-4-3-5-14(11-13)17-2/h3-5,11-12,15H,6-10H2,1-2H3. The van der Waals surface area contributed by atoms with Crippen LogP contribution in [0.4, 0.5) is 0 Å². The van der Waals surface area contributed by atoms with Gasteiger partial charge in [-0.1, -0.05) is 12.1 Å². The van der Waals surface area contributed by atoms with E-state index in [9.17, 15) is 0 Å². The van der Waals surface area contributed by atoms with Crippen molar-refractivity contribution in [1.82, 2.24) is 10.2 Å². The fourth-order valence-corrected chi connectivity index (χ4v) is 2.39. The lowest BCUT2D eigenvalue weighted by Gasteiger charge is -2.32. The van der Waals surface area contributed by atoms with Gasteiger partial charge in [0.25, 0.3) is 0 Å². The molecule has 3 heteroatoms. The largest absolute Gasteiger partial charge is 0.497 e. The van der Waals surface area contributed by atoms with Crippen LogP contribution in [-0.2, 0) is 6.42 Å². The first kappa shape index (κ1) is 12.4. The summed E-state index contributed by atoms with van der Waals surface area (Å²) in [5, 5.41) is 3.39. The third-order valence-corrected chi connectivity index (χ3v) is 3.44. The van der Waals surface area contributed by atoms with Gasteiger partial charge < -0.3 is 10.1 Å². The lowest BCUT2D eigenvalue weighted by Crippen LogP contribution is -2.48. The number of ether oxygens (including phenoxy) is 1. The maximum atomic E-state index is 5.26. The number of methoxy groups -OCH3 is 1. The second-order valence-electron chi connectivity index (χ2n) is 4.69. The van der Waals surface area contributed by atoms with E-state index in [2.05, 4.69) is 35.3 Å². The van der Waals surface area contributed by atoms with Gasteiger partial charge in [-0.3, -0.25) is 4.90 Å². The van der Waals surface area contributed by atoms with E-state index in [0.717, 1.165) is 38.3 Å². The third-order valence-electron chi connectivity index (χ3n) is 3.44. The normalized spacial score (nSPS) is 18.9. The zero-order valence-electron chi connectivity index (χ0n) is 10.8. The number of hydrogen-bond donors (Lipinski definition) is 1. The number of hydrogen-bond acceptors (Lipinski definition) is 3. The zero-order valence-corrected chi connectivity index (χ0v) is 10.8. The van der Waals surface area contributed by atoms with E-state index in [1.54, 1.807) is 7.11 Å². The van der Waals surface area contributed by atoms with Crippen LogP contribution in [0.5, 0.6) is 5.75 Å². The predicted molar refractivity (Wildman–Crippen MR) is 70.6 cm³/mol. The first-order valence-corrected chi connectivity index (χ1v) is 6.37. The van der Waals surface area contributed by atoms with Crippen molar-refractivity contribution in [3.8, 4) is 5.75 Å². The smallest absolute Gasteiger partial charge is 0.119 e. The molecule has 1 unspecified atom stereocenters. The summed E-state index contributed by atoms with van der Waals surface area (Å²) in [6, 6.07) is 8.99. The van der Waals surface area contributed by atoms with E-state index in [0.29, 0.717) is 6.04 Å². The Kier molecular flexibility index (Phi) is 4.40. The average molecular weight is 234 g/mol. The number of rotatable bonds is 4. The van der Waals surface area contributed by atoms with Gasteiger partial charge in [0.15, 0.2) is 0 Å². The summed E-state index contributed by atoms with van der Waals surface area (Å²) in [4.78, 5) is 2.55. The molecule has 1 aromatic carbocycles. The summed E-state index contributed by atoms with van der Waals surface area (Å²) >= 11 is 0. The van der Waals surface area contributed by atoms with Gasteiger partial charge in [-0.05, 0) is 31.0 Å². The van der Waals surface area contributed by atoms with Crippen LogP contribution in [0, 0.1) is 0 Å². The van der Waals surface area contributed by atoms with Crippen LogP contribution >= 0.6 is 0 Å². The zero-order chi connectivity index (χ0) is 12.1. The molecule has 1 aliphatic heterocycles. The molecule has 2 rings (SSSR count). The minimum atomic E-state index is 0.601. The highest BCUT2D eigenvalue weighted by Crippen LogP contribution is 2.15. The van der Waals surface area contributed by atoms with Gasteiger partial charge in [-0.15, -0.1) is 0 Å². The van der Waals surface area contributed by atoms with E-state index in [-0.39, 0.29) is 0 Å². The van der Waals surface area contributed by atoms with Crippen molar-refractivity contribution in [2.45, 2.75) is 19.4 Å². The maximum absolute atomic E-state index is 5.26. The van der Waals surface area contributed by atoms with E-state index in [1.807, 2.05) is 6.07 Å². The molecule has 1 saturated heterocycles. The monoisotopic (exact) mass is 234 g/mol. The van der Waals surface area contributed by atoms with E-state index < -0.39 is 0 Å². The van der Waals surface area contributed by atoms with Gasteiger partial charge in [0, 0.05) is 32.2 Å². The lowest BCUT2D eigenvalue weighted by molar-refractivity contribution is 0.183. The fraction of sp³-hybridized carbons (Fsp3) is 0.571. The van der Waals surface area contributed by atoms with Crippen LogP contribution in [0.25, 0.3) is 0 Å². The highest BCUT2D eigenvalue weighted by atomic mass is 16.5. The van der Waals surface area contributed by atoms with Crippen molar-refractivity contribution in [3.05, 3.63) is 29.8 Å². The Hall–Kier alpha value is -1.06. The van der Waals surface area contributed by atoms with Crippen molar-refractivity contribution in [2.24, 2.45) is 0 Å². The molecule has 1 atom stereocenters. The molecule has 3 nitrogen and oxygen atoms in total. The molecule has 0 bridgehead atoms. The summed E-state index contributed by atoms with van der Waals surface area (Å²) in [5.74, 6) is 0.954. The summed E-state index contributed by atoms with van der Waals surface area (Å²) in [5.41, 5.74) is 1.36. The molecule has 1 fully saturated rings. The van der Waals surface area contributed by atoms with Crippen molar-refractivity contribution >= 4 is 0 Å². The molecule has 1 heterocycles. The number of nitrogens with zero attached hydrogens (tertiary/aromatic N) is 1. The minimum absolute atomic E-state index is 0.601. The molecule has 1 aromatic rings. The Balaban J connectivity index is 1.94. The Bertz CT molecular complexity index is 348. The van der Waals surface area contributed by atoms with Crippen LogP contribution in [0.3, 0.4) is 0 Å². The summed E-state index contributed by atoms with van der Waals surface area (Å²) < 4.78 is 5.26. The Morgan fingerprint density at radius 2 is 2.12 bits per heavy atom. The van der Waals surface area contributed by atoms with Crippen molar-refractivity contribution < 1.29 is 4.74 Å². The van der Waals surface area contributed by atoms with Crippen LogP contribution in [0.1, 0.15) is 12.5 Å². The molecular weight excluding hydrogens is 212 g/mol. The van der Waals surface area contributed by atoms with E-state index >= 15 is 0 Å². The second kappa shape index (κ2) is 6.03. The topological polar surface area (TPSA) is 24.5 Å². The van der Waals surface area contributed by atoms with Gasteiger partial charge in [0.05, 0.1) is 7.11 Å². The van der Waals surface area contributed by atoms with Gasteiger partial charge in [-0.2, -0.15) is 0 Å². The summed E-state index contributed by atoms with van der Waals surface area (Å²) in [6.45, 7) is 6.85. The van der Waals surface area contributed by atoms with Gasteiger partial charge >= 0.3 is 0 Å². The minimum Gasteiger partial charge on any atom is -0.497 e.